The lowest BCUT2D eigenvalue weighted by Crippen LogP contribution is -2.15. The highest BCUT2D eigenvalue weighted by molar-refractivity contribution is 7.99. The van der Waals surface area contributed by atoms with Crippen LogP contribution in [0, 0.1) is 11.3 Å². The van der Waals surface area contributed by atoms with Gasteiger partial charge in [-0.3, -0.25) is 4.79 Å². The number of aromatic nitrogens is 2. The van der Waals surface area contributed by atoms with Crippen molar-refractivity contribution in [1.82, 2.24) is 9.97 Å². The summed E-state index contributed by atoms with van der Waals surface area (Å²) in [5.74, 6) is 0.720. The molecule has 0 spiro atoms. The molecule has 1 aliphatic rings. The molecule has 118 valence electrons. The zero-order chi connectivity index (χ0) is 16.2. The molecule has 0 radical (unpaired) electrons. The minimum Gasteiger partial charge on any atom is -0.497 e. The van der Waals surface area contributed by atoms with Crippen LogP contribution in [0.1, 0.15) is 31.2 Å². The Morgan fingerprint density at radius 2 is 2.00 bits per heavy atom. The lowest BCUT2D eigenvalue weighted by molar-refractivity contribution is 0.415. The molecule has 1 aliphatic carbocycles. The Hall–Kier alpha value is -2.26. The number of hydrogen-bond donors (Lipinski definition) is 1. The number of ether oxygens (including phenoxy) is 1. The number of nitrogens with zero attached hydrogens (tertiary/aromatic N) is 2. The van der Waals surface area contributed by atoms with E-state index in [1.165, 1.54) is 12.8 Å². The van der Waals surface area contributed by atoms with Crippen LogP contribution in [0.25, 0.3) is 11.3 Å². The highest BCUT2D eigenvalue weighted by Gasteiger charge is 2.19. The minimum atomic E-state index is -0.381. The zero-order valence-corrected chi connectivity index (χ0v) is 13.7. The first-order chi connectivity index (χ1) is 11.2. The molecule has 0 aliphatic heterocycles. The van der Waals surface area contributed by atoms with Gasteiger partial charge in [0, 0.05) is 10.8 Å². The number of nitriles is 1. The van der Waals surface area contributed by atoms with Crippen LogP contribution in [0.2, 0.25) is 0 Å². The number of methoxy groups -OCH3 is 1. The van der Waals surface area contributed by atoms with E-state index in [4.69, 9.17) is 4.74 Å². The molecule has 23 heavy (non-hydrogen) atoms. The standard InChI is InChI=1S/C17H17N3O2S/c1-22-12-8-6-11(7-9-12)15-14(10-18)16(21)20-17(19-15)23-13-4-2-3-5-13/h6-9,13H,2-5H2,1H3,(H,19,20,21). The van der Waals surface area contributed by atoms with Crippen LogP contribution in [0.15, 0.2) is 34.2 Å². The summed E-state index contributed by atoms with van der Waals surface area (Å²) in [6.07, 6.45) is 4.74. The topological polar surface area (TPSA) is 78.8 Å². The third kappa shape index (κ3) is 3.40. The lowest BCUT2D eigenvalue weighted by Gasteiger charge is -2.10. The van der Waals surface area contributed by atoms with Crippen molar-refractivity contribution in [3.63, 3.8) is 0 Å². The van der Waals surface area contributed by atoms with E-state index in [9.17, 15) is 10.1 Å². The van der Waals surface area contributed by atoms with E-state index in [1.807, 2.05) is 18.2 Å². The van der Waals surface area contributed by atoms with E-state index in [-0.39, 0.29) is 11.1 Å². The van der Waals surface area contributed by atoms with Crippen molar-refractivity contribution in [2.45, 2.75) is 36.1 Å². The average molecular weight is 327 g/mol. The Kier molecular flexibility index (Phi) is 4.68. The molecule has 0 amide bonds. The maximum Gasteiger partial charge on any atom is 0.270 e. The fourth-order valence-corrected chi connectivity index (χ4v) is 3.91. The Morgan fingerprint density at radius 1 is 1.30 bits per heavy atom. The van der Waals surface area contributed by atoms with Gasteiger partial charge in [0.2, 0.25) is 0 Å². The second-order valence-electron chi connectivity index (χ2n) is 5.46. The molecule has 6 heteroatoms. The summed E-state index contributed by atoms with van der Waals surface area (Å²) in [6.45, 7) is 0. The Balaban J connectivity index is 2.00. The number of aromatic amines is 1. The minimum absolute atomic E-state index is 0.0472. The number of thioether (sulfide) groups is 1. The molecule has 3 rings (SSSR count). The van der Waals surface area contributed by atoms with Crippen LogP contribution < -0.4 is 10.3 Å². The van der Waals surface area contributed by atoms with Gasteiger partial charge in [0.15, 0.2) is 5.16 Å². The molecule has 5 nitrogen and oxygen atoms in total. The molecular weight excluding hydrogens is 310 g/mol. The average Bonchev–Trinajstić information content (AvgIpc) is 3.07. The van der Waals surface area contributed by atoms with Crippen LogP contribution in [0.4, 0.5) is 0 Å². The Morgan fingerprint density at radius 3 is 2.61 bits per heavy atom. The third-order valence-corrected chi connectivity index (χ3v) is 5.17. The van der Waals surface area contributed by atoms with Gasteiger partial charge in [0.1, 0.15) is 17.4 Å². The van der Waals surface area contributed by atoms with Crippen LogP contribution in [0.5, 0.6) is 5.75 Å². The zero-order valence-electron chi connectivity index (χ0n) is 12.8. The molecular formula is C17H17N3O2S. The molecule has 2 aromatic rings. The van der Waals surface area contributed by atoms with Gasteiger partial charge < -0.3 is 9.72 Å². The van der Waals surface area contributed by atoms with E-state index in [0.717, 1.165) is 24.2 Å². The van der Waals surface area contributed by atoms with E-state index in [0.29, 0.717) is 16.1 Å². The number of rotatable bonds is 4. The van der Waals surface area contributed by atoms with Crippen molar-refractivity contribution >= 4 is 11.8 Å². The third-order valence-electron chi connectivity index (χ3n) is 3.95. The smallest absolute Gasteiger partial charge is 0.270 e. The first kappa shape index (κ1) is 15.6. The summed E-state index contributed by atoms with van der Waals surface area (Å²) < 4.78 is 5.14. The lowest BCUT2D eigenvalue weighted by atomic mass is 10.1. The van der Waals surface area contributed by atoms with Crippen molar-refractivity contribution in [3.8, 4) is 23.1 Å². The Bertz CT molecular complexity index is 787. The van der Waals surface area contributed by atoms with E-state index >= 15 is 0 Å². The van der Waals surface area contributed by atoms with Gasteiger partial charge in [-0.25, -0.2) is 4.98 Å². The summed E-state index contributed by atoms with van der Waals surface area (Å²) >= 11 is 1.60. The summed E-state index contributed by atoms with van der Waals surface area (Å²) in [7, 11) is 1.59. The molecule has 0 atom stereocenters. The molecule has 0 saturated heterocycles. The van der Waals surface area contributed by atoms with Crippen LogP contribution in [0.3, 0.4) is 0 Å². The first-order valence-corrected chi connectivity index (χ1v) is 8.44. The number of H-pyrrole nitrogens is 1. The van der Waals surface area contributed by atoms with Gasteiger partial charge in [0.05, 0.1) is 12.8 Å². The van der Waals surface area contributed by atoms with Crippen molar-refractivity contribution in [2.75, 3.05) is 7.11 Å². The highest BCUT2D eigenvalue weighted by Crippen LogP contribution is 2.33. The maximum absolute atomic E-state index is 12.2. The van der Waals surface area contributed by atoms with Crippen LogP contribution >= 0.6 is 11.8 Å². The van der Waals surface area contributed by atoms with E-state index < -0.39 is 0 Å². The van der Waals surface area contributed by atoms with Crippen molar-refractivity contribution in [2.24, 2.45) is 0 Å². The van der Waals surface area contributed by atoms with Gasteiger partial charge in [-0.05, 0) is 37.1 Å². The van der Waals surface area contributed by atoms with Crippen molar-refractivity contribution in [3.05, 3.63) is 40.2 Å². The molecule has 1 N–H and O–H groups in total. The van der Waals surface area contributed by atoms with Crippen molar-refractivity contribution < 1.29 is 4.74 Å². The van der Waals surface area contributed by atoms with Gasteiger partial charge >= 0.3 is 0 Å². The van der Waals surface area contributed by atoms with E-state index in [2.05, 4.69) is 9.97 Å². The molecule has 1 heterocycles. The maximum atomic E-state index is 12.2. The van der Waals surface area contributed by atoms with Crippen molar-refractivity contribution in [1.29, 1.82) is 5.26 Å². The second kappa shape index (κ2) is 6.88. The summed E-state index contributed by atoms with van der Waals surface area (Å²) in [4.78, 5) is 19.5. The predicted octanol–water partition coefficient (Wildman–Crippen LogP) is 3.35. The molecule has 0 unspecified atom stereocenters. The second-order valence-corrected chi connectivity index (χ2v) is 6.75. The Labute approximate surface area is 138 Å². The number of hydrogen-bond acceptors (Lipinski definition) is 5. The first-order valence-electron chi connectivity index (χ1n) is 7.57. The normalized spacial score (nSPS) is 14.6. The predicted molar refractivity (Wildman–Crippen MR) is 89.7 cm³/mol. The van der Waals surface area contributed by atoms with Gasteiger partial charge in [-0.15, -0.1) is 0 Å². The summed E-state index contributed by atoms with van der Waals surface area (Å²) in [6, 6.07) is 9.18. The largest absolute Gasteiger partial charge is 0.497 e. The quantitative estimate of drug-likeness (QED) is 0.871. The van der Waals surface area contributed by atoms with Crippen LogP contribution in [-0.4, -0.2) is 22.3 Å². The molecule has 1 aromatic carbocycles. The summed E-state index contributed by atoms with van der Waals surface area (Å²) in [5.41, 5.74) is 0.834. The monoisotopic (exact) mass is 327 g/mol. The molecule has 0 bridgehead atoms. The molecule has 1 aromatic heterocycles. The molecule has 1 saturated carbocycles. The fourth-order valence-electron chi connectivity index (χ4n) is 2.73. The highest BCUT2D eigenvalue weighted by atomic mass is 32.2. The van der Waals surface area contributed by atoms with Crippen LogP contribution in [-0.2, 0) is 0 Å². The van der Waals surface area contributed by atoms with E-state index in [1.54, 1.807) is 31.0 Å². The number of benzene rings is 1. The SMILES string of the molecule is COc1ccc(-c2nc(SC3CCCC3)[nH]c(=O)c2C#N)cc1. The van der Waals surface area contributed by atoms with Gasteiger partial charge in [-0.2, -0.15) is 5.26 Å². The fraction of sp³-hybridized carbons (Fsp3) is 0.353. The number of nitrogens with one attached hydrogen (secondary N) is 1. The van der Waals surface area contributed by atoms with Gasteiger partial charge in [-0.1, -0.05) is 24.6 Å². The molecule has 1 fully saturated rings. The summed E-state index contributed by atoms with van der Waals surface area (Å²) in [5, 5.41) is 10.4. The van der Waals surface area contributed by atoms with Gasteiger partial charge in [0.25, 0.3) is 5.56 Å².